The lowest BCUT2D eigenvalue weighted by molar-refractivity contribution is 0.210. The van der Waals surface area contributed by atoms with Crippen LogP contribution in [0.25, 0.3) is 10.9 Å². The summed E-state index contributed by atoms with van der Waals surface area (Å²) in [4.78, 5) is 4.53. The Kier molecular flexibility index (Phi) is 6.37. The van der Waals surface area contributed by atoms with Crippen LogP contribution in [0.5, 0.6) is 5.88 Å². The summed E-state index contributed by atoms with van der Waals surface area (Å²) < 4.78 is 5.74. The zero-order valence-electron chi connectivity index (χ0n) is 14.2. The minimum atomic E-state index is -0.734. The van der Waals surface area contributed by atoms with Crippen molar-refractivity contribution in [2.24, 2.45) is 5.73 Å². The standard InChI is InChI=1S/C19H28N2O2/c1-3-4-5-6-7-12-23-18-11-8-15-13-16(19(2,20)14-22)9-10-17(15)21-18/h8-11,13,22H,3-7,12,14,20H2,1-2H3. The van der Waals surface area contributed by atoms with Crippen LogP contribution in [0.4, 0.5) is 0 Å². The number of aliphatic hydroxyl groups is 1. The van der Waals surface area contributed by atoms with Gasteiger partial charge in [-0.2, -0.15) is 0 Å². The van der Waals surface area contributed by atoms with Gasteiger partial charge in [-0.05, 0) is 37.1 Å². The van der Waals surface area contributed by atoms with E-state index in [1.165, 1.54) is 25.7 Å². The minimum absolute atomic E-state index is 0.0921. The number of nitrogens with zero attached hydrogens (tertiary/aromatic N) is 1. The second-order valence-corrected chi connectivity index (χ2v) is 6.40. The summed E-state index contributed by atoms with van der Waals surface area (Å²) in [7, 11) is 0. The second-order valence-electron chi connectivity index (χ2n) is 6.40. The number of nitrogens with two attached hydrogens (primary N) is 1. The van der Waals surface area contributed by atoms with Gasteiger partial charge in [-0.15, -0.1) is 0 Å². The van der Waals surface area contributed by atoms with Gasteiger partial charge in [0.05, 0.1) is 24.3 Å². The molecule has 0 bridgehead atoms. The molecule has 1 aromatic carbocycles. The Morgan fingerprint density at radius 1 is 1.13 bits per heavy atom. The first-order valence-electron chi connectivity index (χ1n) is 8.50. The fourth-order valence-corrected chi connectivity index (χ4v) is 2.52. The summed E-state index contributed by atoms with van der Waals surface area (Å²) in [5.74, 6) is 0.665. The highest BCUT2D eigenvalue weighted by Crippen LogP contribution is 2.23. The second kappa shape index (κ2) is 8.27. The Hall–Kier alpha value is -1.65. The predicted molar refractivity (Wildman–Crippen MR) is 94.6 cm³/mol. The number of benzene rings is 1. The van der Waals surface area contributed by atoms with Crippen molar-refractivity contribution < 1.29 is 9.84 Å². The van der Waals surface area contributed by atoms with Gasteiger partial charge >= 0.3 is 0 Å². The number of pyridine rings is 1. The Labute approximate surface area is 138 Å². The molecule has 4 nitrogen and oxygen atoms in total. The fraction of sp³-hybridized carbons (Fsp3) is 0.526. The maximum Gasteiger partial charge on any atom is 0.213 e. The SMILES string of the molecule is CCCCCCCOc1ccc2cc(C(C)(N)CO)ccc2n1. The van der Waals surface area contributed by atoms with E-state index in [2.05, 4.69) is 11.9 Å². The lowest BCUT2D eigenvalue weighted by atomic mass is 9.93. The van der Waals surface area contributed by atoms with Crippen LogP contribution in [0.2, 0.25) is 0 Å². The van der Waals surface area contributed by atoms with E-state index in [4.69, 9.17) is 10.5 Å². The van der Waals surface area contributed by atoms with E-state index in [9.17, 15) is 5.11 Å². The van der Waals surface area contributed by atoms with Crippen molar-refractivity contribution in [2.45, 2.75) is 51.5 Å². The number of hydrogen-bond donors (Lipinski definition) is 2. The predicted octanol–water partition coefficient (Wildman–Crippen LogP) is 3.75. The Balaban J connectivity index is 1.98. The molecule has 3 N–H and O–H groups in total. The number of rotatable bonds is 9. The van der Waals surface area contributed by atoms with Gasteiger partial charge in [-0.25, -0.2) is 4.98 Å². The first kappa shape index (κ1) is 17.7. The van der Waals surface area contributed by atoms with Crippen LogP contribution in [0.3, 0.4) is 0 Å². The Morgan fingerprint density at radius 3 is 2.65 bits per heavy atom. The van der Waals surface area contributed by atoms with E-state index in [1.54, 1.807) is 0 Å². The number of aliphatic hydroxyl groups excluding tert-OH is 1. The van der Waals surface area contributed by atoms with Gasteiger partial charge in [0, 0.05) is 11.5 Å². The average Bonchev–Trinajstić information content (AvgIpc) is 2.57. The van der Waals surface area contributed by atoms with Gasteiger partial charge < -0.3 is 15.6 Å². The van der Waals surface area contributed by atoms with Crippen molar-refractivity contribution in [3.05, 3.63) is 35.9 Å². The summed E-state index contributed by atoms with van der Waals surface area (Å²) in [5, 5.41) is 10.4. The average molecular weight is 316 g/mol. The molecule has 0 aliphatic heterocycles. The lowest BCUT2D eigenvalue weighted by Gasteiger charge is -2.22. The highest BCUT2D eigenvalue weighted by Gasteiger charge is 2.20. The van der Waals surface area contributed by atoms with E-state index in [0.717, 1.165) is 22.9 Å². The maximum atomic E-state index is 9.38. The van der Waals surface area contributed by atoms with Gasteiger partial charge in [0.1, 0.15) is 0 Å². The number of unbranched alkanes of at least 4 members (excludes halogenated alkanes) is 4. The number of fused-ring (bicyclic) bond motifs is 1. The van der Waals surface area contributed by atoms with Gasteiger partial charge in [-0.3, -0.25) is 0 Å². The van der Waals surface area contributed by atoms with Crippen LogP contribution in [-0.2, 0) is 5.54 Å². The Bertz CT molecular complexity index is 626. The molecule has 0 radical (unpaired) electrons. The Morgan fingerprint density at radius 2 is 1.91 bits per heavy atom. The fourth-order valence-electron chi connectivity index (χ4n) is 2.52. The molecule has 2 rings (SSSR count). The van der Waals surface area contributed by atoms with Crippen LogP contribution < -0.4 is 10.5 Å². The van der Waals surface area contributed by atoms with Crippen LogP contribution in [0.1, 0.15) is 51.5 Å². The van der Waals surface area contributed by atoms with Crippen LogP contribution in [0, 0.1) is 0 Å². The van der Waals surface area contributed by atoms with Gasteiger partial charge in [0.15, 0.2) is 0 Å². The van der Waals surface area contributed by atoms with Crippen molar-refractivity contribution in [3.8, 4) is 5.88 Å². The van der Waals surface area contributed by atoms with E-state index >= 15 is 0 Å². The quantitative estimate of drug-likeness (QED) is 0.691. The first-order valence-corrected chi connectivity index (χ1v) is 8.50. The topological polar surface area (TPSA) is 68.4 Å². The van der Waals surface area contributed by atoms with Crippen molar-refractivity contribution in [1.29, 1.82) is 0 Å². The van der Waals surface area contributed by atoms with Crippen molar-refractivity contribution in [3.63, 3.8) is 0 Å². The summed E-state index contributed by atoms with van der Waals surface area (Å²) in [6.07, 6.45) is 6.11. The van der Waals surface area contributed by atoms with Crippen LogP contribution >= 0.6 is 0 Å². The van der Waals surface area contributed by atoms with E-state index in [1.807, 2.05) is 37.3 Å². The van der Waals surface area contributed by atoms with Crippen molar-refractivity contribution in [2.75, 3.05) is 13.2 Å². The normalized spacial score (nSPS) is 13.9. The van der Waals surface area contributed by atoms with E-state index in [-0.39, 0.29) is 6.61 Å². The molecule has 2 aromatic rings. The third kappa shape index (κ3) is 4.91. The van der Waals surface area contributed by atoms with Crippen LogP contribution in [-0.4, -0.2) is 23.3 Å². The van der Waals surface area contributed by atoms with Gasteiger partial charge in [0.2, 0.25) is 5.88 Å². The smallest absolute Gasteiger partial charge is 0.213 e. The number of aromatic nitrogens is 1. The third-order valence-electron chi connectivity index (χ3n) is 4.15. The molecule has 0 saturated carbocycles. The van der Waals surface area contributed by atoms with E-state index < -0.39 is 5.54 Å². The molecule has 1 unspecified atom stereocenters. The first-order chi connectivity index (χ1) is 11.1. The van der Waals surface area contributed by atoms with E-state index in [0.29, 0.717) is 12.5 Å². The summed E-state index contributed by atoms with van der Waals surface area (Å²) in [6, 6.07) is 9.71. The molecular formula is C19H28N2O2. The monoisotopic (exact) mass is 316 g/mol. The molecule has 0 aliphatic rings. The molecule has 0 aliphatic carbocycles. The lowest BCUT2D eigenvalue weighted by Crippen LogP contribution is -2.36. The minimum Gasteiger partial charge on any atom is -0.478 e. The largest absolute Gasteiger partial charge is 0.478 e. The van der Waals surface area contributed by atoms with Crippen molar-refractivity contribution >= 4 is 10.9 Å². The summed E-state index contributed by atoms with van der Waals surface area (Å²) >= 11 is 0. The molecule has 0 saturated heterocycles. The molecule has 1 atom stereocenters. The summed E-state index contributed by atoms with van der Waals surface area (Å²) in [5.41, 5.74) is 7.13. The summed E-state index contributed by atoms with van der Waals surface area (Å²) in [6.45, 7) is 4.66. The molecule has 0 amide bonds. The molecule has 126 valence electrons. The molecule has 0 fully saturated rings. The third-order valence-corrected chi connectivity index (χ3v) is 4.15. The zero-order chi connectivity index (χ0) is 16.7. The highest BCUT2D eigenvalue weighted by molar-refractivity contribution is 5.80. The molecule has 1 aromatic heterocycles. The van der Waals surface area contributed by atoms with Gasteiger partial charge in [-0.1, -0.05) is 38.7 Å². The molecular weight excluding hydrogens is 288 g/mol. The van der Waals surface area contributed by atoms with Gasteiger partial charge in [0.25, 0.3) is 0 Å². The number of ether oxygens (including phenoxy) is 1. The van der Waals surface area contributed by atoms with Crippen LogP contribution in [0.15, 0.2) is 30.3 Å². The molecule has 23 heavy (non-hydrogen) atoms. The molecule has 4 heteroatoms. The molecule has 1 heterocycles. The molecule has 0 spiro atoms. The maximum absolute atomic E-state index is 9.38. The van der Waals surface area contributed by atoms with Crippen molar-refractivity contribution in [1.82, 2.24) is 4.98 Å². The zero-order valence-corrected chi connectivity index (χ0v) is 14.2. The number of hydrogen-bond acceptors (Lipinski definition) is 4. The highest BCUT2D eigenvalue weighted by atomic mass is 16.5.